The van der Waals surface area contributed by atoms with E-state index in [9.17, 15) is 9.18 Å². The van der Waals surface area contributed by atoms with Crippen molar-refractivity contribution in [2.45, 2.75) is 13.3 Å². The molecule has 5 nitrogen and oxygen atoms in total. The quantitative estimate of drug-likeness (QED) is 0.405. The Hall–Kier alpha value is -3.93. The van der Waals surface area contributed by atoms with Gasteiger partial charge in [-0.2, -0.15) is 0 Å². The maximum atomic E-state index is 13.2. The average molecular weight is 415 g/mol. The zero-order chi connectivity index (χ0) is 21.8. The Balaban J connectivity index is 1.61. The van der Waals surface area contributed by atoms with Crippen LogP contribution >= 0.6 is 0 Å². The van der Waals surface area contributed by atoms with Gasteiger partial charge in [-0.25, -0.2) is 14.2 Å². The molecule has 2 N–H and O–H groups in total. The molecule has 3 aromatic carbocycles. The first-order valence-corrected chi connectivity index (χ1v) is 9.98. The van der Waals surface area contributed by atoms with Crippen LogP contribution in [0.2, 0.25) is 0 Å². The molecule has 4 aromatic rings. The minimum absolute atomic E-state index is 0.299. The molecular weight excluding hydrogens is 393 g/mol. The van der Waals surface area contributed by atoms with Gasteiger partial charge in [-0.1, -0.05) is 25.1 Å². The van der Waals surface area contributed by atoms with E-state index in [4.69, 9.17) is 4.74 Å². The van der Waals surface area contributed by atoms with Gasteiger partial charge in [0.25, 0.3) is 0 Å². The molecule has 0 aliphatic heterocycles. The SMILES string of the molecule is CCc1ccccc1NC(=O)Nc1ccc2nc(-c3ccc(F)cc3)cc(OC)c2c1. The molecule has 6 heteroatoms. The van der Waals surface area contributed by atoms with Crippen molar-refractivity contribution in [2.75, 3.05) is 17.7 Å². The van der Waals surface area contributed by atoms with E-state index in [0.29, 0.717) is 22.6 Å². The lowest BCUT2D eigenvalue weighted by atomic mass is 10.1. The molecule has 1 aromatic heterocycles. The summed E-state index contributed by atoms with van der Waals surface area (Å²) < 4.78 is 18.8. The Bertz CT molecular complexity index is 1240. The number of carbonyl (C=O) groups is 1. The van der Waals surface area contributed by atoms with E-state index in [-0.39, 0.29) is 11.8 Å². The number of urea groups is 1. The van der Waals surface area contributed by atoms with Gasteiger partial charge in [0.1, 0.15) is 11.6 Å². The monoisotopic (exact) mass is 415 g/mol. The number of fused-ring (bicyclic) bond motifs is 1. The van der Waals surface area contributed by atoms with Crippen LogP contribution in [0, 0.1) is 5.82 Å². The van der Waals surface area contributed by atoms with Crippen molar-refractivity contribution in [3.8, 4) is 17.0 Å². The van der Waals surface area contributed by atoms with Crippen LogP contribution in [0.5, 0.6) is 5.75 Å². The molecule has 0 saturated heterocycles. The Labute approximate surface area is 179 Å². The van der Waals surface area contributed by atoms with Gasteiger partial charge < -0.3 is 15.4 Å². The molecule has 2 amide bonds. The van der Waals surface area contributed by atoms with Gasteiger partial charge in [0, 0.05) is 28.4 Å². The fourth-order valence-corrected chi connectivity index (χ4v) is 3.45. The highest BCUT2D eigenvalue weighted by Crippen LogP contribution is 2.32. The third-order valence-corrected chi connectivity index (χ3v) is 5.03. The summed E-state index contributed by atoms with van der Waals surface area (Å²) >= 11 is 0. The standard InChI is InChI=1S/C25H22FN3O2/c1-3-16-6-4-5-7-21(16)29-25(30)27-19-12-13-22-20(14-19)24(31-2)15-23(28-22)17-8-10-18(26)11-9-17/h4-15H,3H2,1-2H3,(H2,27,29,30). The van der Waals surface area contributed by atoms with Crippen molar-refractivity contribution in [3.63, 3.8) is 0 Å². The van der Waals surface area contributed by atoms with Crippen LogP contribution < -0.4 is 15.4 Å². The summed E-state index contributed by atoms with van der Waals surface area (Å²) in [6.45, 7) is 2.04. The lowest BCUT2D eigenvalue weighted by Gasteiger charge is -2.13. The third kappa shape index (κ3) is 4.48. The van der Waals surface area contributed by atoms with Gasteiger partial charge in [0.15, 0.2) is 0 Å². The molecule has 31 heavy (non-hydrogen) atoms. The number of pyridine rings is 1. The average Bonchev–Trinajstić information content (AvgIpc) is 2.79. The molecule has 0 fully saturated rings. The van der Waals surface area contributed by atoms with Crippen molar-refractivity contribution in [1.29, 1.82) is 0 Å². The minimum Gasteiger partial charge on any atom is -0.496 e. The summed E-state index contributed by atoms with van der Waals surface area (Å²) in [6.07, 6.45) is 0.825. The fourth-order valence-electron chi connectivity index (χ4n) is 3.45. The number of halogens is 1. The molecule has 0 spiro atoms. The number of nitrogens with one attached hydrogen (secondary N) is 2. The molecule has 4 rings (SSSR count). The number of anilines is 2. The number of aromatic nitrogens is 1. The van der Waals surface area contributed by atoms with Crippen molar-refractivity contribution in [1.82, 2.24) is 4.98 Å². The van der Waals surface area contributed by atoms with Gasteiger partial charge in [0.2, 0.25) is 0 Å². The third-order valence-electron chi connectivity index (χ3n) is 5.03. The second-order valence-corrected chi connectivity index (χ2v) is 7.04. The van der Waals surface area contributed by atoms with Crippen LogP contribution in [0.25, 0.3) is 22.2 Å². The molecule has 0 unspecified atom stereocenters. The van der Waals surface area contributed by atoms with E-state index >= 15 is 0 Å². The summed E-state index contributed by atoms with van der Waals surface area (Å²) in [6, 6.07) is 20.8. The highest BCUT2D eigenvalue weighted by Gasteiger charge is 2.11. The van der Waals surface area contributed by atoms with Crippen LogP contribution in [0.3, 0.4) is 0 Å². The second kappa shape index (κ2) is 8.83. The number of amides is 2. The van der Waals surface area contributed by atoms with Gasteiger partial charge in [-0.05, 0) is 60.5 Å². The summed E-state index contributed by atoms with van der Waals surface area (Å²) in [5.74, 6) is 0.316. The number of para-hydroxylation sites is 1. The number of ether oxygens (including phenoxy) is 1. The van der Waals surface area contributed by atoms with E-state index in [1.807, 2.05) is 43.3 Å². The van der Waals surface area contributed by atoms with Crippen LogP contribution in [0.1, 0.15) is 12.5 Å². The maximum Gasteiger partial charge on any atom is 0.323 e. The molecular formula is C25H22FN3O2. The lowest BCUT2D eigenvalue weighted by molar-refractivity contribution is 0.262. The molecule has 0 bridgehead atoms. The van der Waals surface area contributed by atoms with Gasteiger partial charge in [0.05, 0.1) is 18.3 Å². The number of methoxy groups -OCH3 is 1. The highest BCUT2D eigenvalue weighted by molar-refractivity contribution is 6.02. The lowest BCUT2D eigenvalue weighted by Crippen LogP contribution is -2.20. The zero-order valence-corrected chi connectivity index (χ0v) is 17.3. The van der Waals surface area contributed by atoms with E-state index in [1.165, 1.54) is 12.1 Å². The first-order valence-electron chi connectivity index (χ1n) is 9.98. The molecule has 0 atom stereocenters. The zero-order valence-electron chi connectivity index (χ0n) is 17.3. The summed E-state index contributed by atoms with van der Waals surface area (Å²) in [5, 5.41) is 6.52. The predicted octanol–water partition coefficient (Wildman–Crippen LogP) is 6.26. The van der Waals surface area contributed by atoms with Crippen molar-refractivity contribution < 1.29 is 13.9 Å². The topological polar surface area (TPSA) is 63.2 Å². The Kier molecular flexibility index (Phi) is 5.80. The largest absolute Gasteiger partial charge is 0.496 e. The van der Waals surface area contributed by atoms with Crippen LogP contribution in [0.4, 0.5) is 20.6 Å². The van der Waals surface area contributed by atoms with Gasteiger partial charge >= 0.3 is 6.03 Å². The van der Waals surface area contributed by atoms with E-state index in [1.54, 1.807) is 31.4 Å². The second-order valence-electron chi connectivity index (χ2n) is 7.04. The maximum absolute atomic E-state index is 13.2. The van der Waals surface area contributed by atoms with Crippen LogP contribution in [0.15, 0.2) is 72.8 Å². The van der Waals surface area contributed by atoms with Crippen molar-refractivity contribution >= 4 is 28.3 Å². The highest BCUT2D eigenvalue weighted by atomic mass is 19.1. The number of nitrogens with zero attached hydrogens (tertiary/aromatic N) is 1. The first-order chi connectivity index (χ1) is 15.1. The van der Waals surface area contributed by atoms with E-state index < -0.39 is 0 Å². The minimum atomic E-state index is -0.324. The Morgan fingerprint density at radius 3 is 2.52 bits per heavy atom. The number of aryl methyl sites for hydroxylation is 1. The summed E-state index contributed by atoms with van der Waals surface area (Å²) in [7, 11) is 1.58. The summed E-state index contributed by atoms with van der Waals surface area (Å²) in [4.78, 5) is 17.2. The molecule has 0 aliphatic carbocycles. The number of hydrogen-bond donors (Lipinski definition) is 2. The summed E-state index contributed by atoms with van der Waals surface area (Å²) in [5.41, 5.74) is 4.65. The molecule has 0 radical (unpaired) electrons. The number of rotatable bonds is 5. The van der Waals surface area contributed by atoms with Crippen molar-refractivity contribution in [2.24, 2.45) is 0 Å². The predicted molar refractivity (Wildman–Crippen MR) is 122 cm³/mol. The molecule has 156 valence electrons. The van der Waals surface area contributed by atoms with E-state index in [0.717, 1.165) is 28.6 Å². The van der Waals surface area contributed by atoms with Crippen LogP contribution in [-0.2, 0) is 6.42 Å². The first kappa shape index (κ1) is 20.3. The Morgan fingerprint density at radius 1 is 1.00 bits per heavy atom. The molecule has 0 aliphatic rings. The number of benzene rings is 3. The van der Waals surface area contributed by atoms with Gasteiger partial charge in [-0.15, -0.1) is 0 Å². The van der Waals surface area contributed by atoms with Gasteiger partial charge in [-0.3, -0.25) is 0 Å². The Morgan fingerprint density at radius 2 is 1.77 bits per heavy atom. The number of carbonyl (C=O) groups excluding carboxylic acids is 1. The van der Waals surface area contributed by atoms with Crippen LogP contribution in [-0.4, -0.2) is 18.1 Å². The smallest absolute Gasteiger partial charge is 0.323 e. The number of hydrogen-bond acceptors (Lipinski definition) is 3. The molecule has 0 saturated carbocycles. The molecule has 1 heterocycles. The normalized spacial score (nSPS) is 10.7. The fraction of sp³-hybridized carbons (Fsp3) is 0.120. The van der Waals surface area contributed by atoms with Crippen molar-refractivity contribution in [3.05, 3.63) is 84.2 Å². The van der Waals surface area contributed by atoms with E-state index in [2.05, 4.69) is 15.6 Å².